The number of anilines is 3. The van der Waals surface area contributed by atoms with Gasteiger partial charge >= 0.3 is 0 Å². The number of aromatic nitrogens is 4. The minimum absolute atomic E-state index is 0.213. The summed E-state index contributed by atoms with van der Waals surface area (Å²) in [7, 11) is 0. The van der Waals surface area contributed by atoms with E-state index in [1.807, 2.05) is 23.0 Å². The third kappa shape index (κ3) is 3.44. The van der Waals surface area contributed by atoms with Crippen LogP contribution in [0.3, 0.4) is 0 Å². The minimum atomic E-state index is -0.213. The summed E-state index contributed by atoms with van der Waals surface area (Å²) in [5, 5.41) is 18.9. The lowest BCUT2D eigenvalue weighted by molar-refractivity contribution is 0.145. The van der Waals surface area contributed by atoms with Crippen LogP contribution in [0.15, 0.2) is 30.7 Å². The molecule has 2 aliphatic rings. The van der Waals surface area contributed by atoms with Crippen LogP contribution in [0.2, 0.25) is 5.02 Å². The molecule has 1 saturated heterocycles. The van der Waals surface area contributed by atoms with Crippen molar-refractivity contribution in [2.24, 2.45) is 0 Å². The number of hydrogen-bond donors (Lipinski definition) is 2. The summed E-state index contributed by atoms with van der Waals surface area (Å²) in [6, 6.07) is 4.47. The lowest BCUT2D eigenvalue weighted by Gasteiger charge is -2.32. The first-order chi connectivity index (χ1) is 13.2. The molecule has 0 amide bonds. The van der Waals surface area contributed by atoms with Crippen LogP contribution >= 0.6 is 11.6 Å². The fraction of sp³-hybridized carbons (Fsp3) is 0.421. The normalized spacial score (nSPS) is 18.2. The Morgan fingerprint density at radius 3 is 2.70 bits per heavy atom. The van der Waals surface area contributed by atoms with Crippen molar-refractivity contribution in [3.05, 3.63) is 35.7 Å². The second-order valence-electron chi connectivity index (χ2n) is 7.34. The van der Waals surface area contributed by atoms with E-state index in [0.717, 1.165) is 48.2 Å². The van der Waals surface area contributed by atoms with Gasteiger partial charge in [0.05, 0.1) is 40.3 Å². The Bertz CT molecular complexity index is 977. The standard InChI is InChI=1S/C19H21ClN6O/c20-16-7-12-9-21-19(23-13-10-22-26(11-13)14-1-2-14)24-17(12)8-18(16)25-5-3-15(27)4-6-25/h7-11,14-15,27H,1-6H2,(H,21,23,24). The average Bonchev–Trinajstić information content (AvgIpc) is 3.42. The van der Waals surface area contributed by atoms with Crippen LogP contribution in [-0.4, -0.2) is 44.0 Å². The minimum Gasteiger partial charge on any atom is -0.393 e. The van der Waals surface area contributed by atoms with Gasteiger partial charge in [0.2, 0.25) is 5.95 Å². The van der Waals surface area contributed by atoms with Crippen LogP contribution in [0.4, 0.5) is 17.3 Å². The molecule has 2 fully saturated rings. The van der Waals surface area contributed by atoms with Crippen LogP contribution in [0, 0.1) is 0 Å². The molecule has 0 atom stereocenters. The summed E-state index contributed by atoms with van der Waals surface area (Å²) in [4.78, 5) is 11.3. The van der Waals surface area contributed by atoms with Crippen molar-refractivity contribution >= 4 is 39.8 Å². The predicted molar refractivity (Wildman–Crippen MR) is 106 cm³/mol. The molecule has 0 unspecified atom stereocenters. The number of rotatable bonds is 4. The highest BCUT2D eigenvalue weighted by atomic mass is 35.5. The Labute approximate surface area is 162 Å². The van der Waals surface area contributed by atoms with Gasteiger partial charge in [-0.15, -0.1) is 0 Å². The number of hydrogen-bond acceptors (Lipinski definition) is 6. The van der Waals surface area contributed by atoms with Crippen LogP contribution in [0.5, 0.6) is 0 Å². The van der Waals surface area contributed by atoms with Crippen LogP contribution in [-0.2, 0) is 0 Å². The maximum Gasteiger partial charge on any atom is 0.227 e. The molecule has 140 valence electrons. The number of benzene rings is 1. The van der Waals surface area contributed by atoms with Crippen LogP contribution < -0.4 is 10.2 Å². The molecule has 3 aromatic rings. The fourth-order valence-electron chi connectivity index (χ4n) is 3.52. The van der Waals surface area contributed by atoms with Gasteiger partial charge in [0, 0.05) is 30.9 Å². The largest absolute Gasteiger partial charge is 0.393 e. The molecule has 1 aromatic carbocycles. The highest BCUT2D eigenvalue weighted by Gasteiger charge is 2.24. The molecule has 1 aliphatic carbocycles. The van der Waals surface area contributed by atoms with E-state index in [2.05, 4.69) is 25.3 Å². The topological polar surface area (TPSA) is 79.1 Å². The van der Waals surface area contributed by atoms with Crippen molar-refractivity contribution < 1.29 is 5.11 Å². The maximum atomic E-state index is 9.74. The summed E-state index contributed by atoms with van der Waals surface area (Å²) in [6.45, 7) is 1.59. The van der Waals surface area contributed by atoms with Crippen molar-refractivity contribution in [3.63, 3.8) is 0 Å². The van der Waals surface area contributed by atoms with E-state index in [4.69, 9.17) is 11.6 Å². The summed E-state index contributed by atoms with van der Waals surface area (Å²) < 4.78 is 1.99. The van der Waals surface area contributed by atoms with Gasteiger partial charge in [-0.2, -0.15) is 5.10 Å². The molecular formula is C19H21ClN6O. The SMILES string of the molecule is OC1CCN(c2cc3nc(Nc4cnn(C5CC5)c4)ncc3cc2Cl)CC1. The Kier molecular flexibility index (Phi) is 4.13. The van der Waals surface area contributed by atoms with E-state index in [9.17, 15) is 5.11 Å². The van der Waals surface area contributed by atoms with Crippen molar-refractivity contribution in [2.45, 2.75) is 37.8 Å². The first kappa shape index (κ1) is 16.8. The molecule has 0 radical (unpaired) electrons. The predicted octanol–water partition coefficient (Wildman–Crippen LogP) is 3.52. The van der Waals surface area contributed by atoms with Gasteiger partial charge in [0.1, 0.15) is 0 Å². The smallest absolute Gasteiger partial charge is 0.227 e. The third-order valence-electron chi connectivity index (χ3n) is 5.23. The van der Waals surface area contributed by atoms with Gasteiger partial charge in [-0.3, -0.25) is 4.68 Å². The lowest BCUT2D eigenvalue weighted by Crippen LogP contribution is -2.35. The number of aliphatic hydroxyl groups excluding tert-OH is 1. The quantitative estimate of drug-likeness (QED) is 0.716. The molecule has 1 aliphatic heterocycles. The van der Waals surface area contributed by atoms with E-state index in [0.29, 0.717) is 17.0 Å². The fourth-order valence-corrected chi connectivity index (χ4v) is 3.81. The van der Waals surface area contributed by atoms with Gasteiger partial charge in [-0.25, -0.2) is 9.97 Å². The van der Waals surface area contributed by atoms with Crippen molar-refractivity contribution in [2.75, 3.05) is 23.3 Å². The number of nitrogens with one attached hydrogen (secondary N) is 1. The second kappa shape index (κ2) is 6.65. The van der Waals surface area contributed by atoms with E-state index in [1.165, 1.54) is 12.8 Å². The maximum absolute atomic E-state index is 9.74. The molecule has 27 heavy (non-hydrogen) atoms. The second-order valence-corrected chi connectivity index (χ2v) is 7.75. The molecule has 1 saturated carbocycles. The Balaban J connectivity index is 1.42. The number of aliphatic hydroxyl groups is 1. The molecular weight excluding hydrogens is 364 g/mol. The highest BCUT2D eigenvalue weighted by Crippen LogP contribution is 2.35. The number of fused-ring (bicyclic) bond motifs is 1. The zero-order valence-corrected chi connectivity index (χ0v) is 15.6. The zero-order valence-electron chi connectivity index (χ0n) is 14.8. The summed E-state index contributed by atoms with van der Waals surface area (Å²) >= 11 is 6.49. The Hall–Kier alpha value is -2.38. The molecule has 3 heterocycles. The molecule has 5 rings (SSSR count). The van der Waals surface area contributed by atoms with Crippen molar-refractivity contribution in [1.29, 1.82) is 0 Å². The third-order valence-corrected chi connectivity index (χ3v) is 5.53. The molecule has 0 bridgehead atoms. The summed E-state index contributed by atoms with van der Waals surface area (Å²) in [5.41, 5.74) is 2.69. The molecule has 8 heteroatoms. The number of halogens is 1. The van der Waals surface area contributed by atoms with Gasteiger partial charge < -0.3 is 15.3 Å². The van der Waals surface area contributed by atoms with Crippen LogP contribution in [0.1, 0.15) is 31.7 Å². The van der Waals surface area contributed by atoms with Crippen molar-refractivity contribution in [3.8, 4) is 0 Å². The summed E-state index contributed by atoms with van der Waals surface area (Å²) in [5.74, 6) is 0.542. The average molecular weight is 385 g/mol. The van der Waals surface area contributed by atoms with E-state index < -0.39 is 0 Å². The monoisotopic (exact) mass is 384 g/mol. The first-order valence-corrected chi connectivity index (χ1v) is 9.74. The lowest BCUT2D eigenvalue weighted by atomic mass is 10.1. The van der Waals surface area contributed by atoms with E-state index >= 15 is 0 Å². The molecule has 2 N–H and O–H groups in total. The first-order valence-electron chi connectivity index (χ1n) is 9.36. The van der Waals surface area contributed by atoms with Gasteiger partial charge in [0.25, 0.3) is 0 Å². The zero-order chi connectivity index (χ0) is 18.4. The van der Waals surface area contributed by atoms with E-state index in [-0.39, 0.29) is 6.10 Å². The number of nitrogens with zero attached hydrogens (tertiary/aromatic N) is 5. The molecule has 0 spiro atoms. The van der Waals surface area contributed by atoms with Gasteiger partial charge in [-0.1, -0.05) is 11.6 Å². The Morgan fingerprint density at radius 2 is 1.93 bits per heavy atom. The van der Waals surface area contributed by atoms with Gasteiger partial charge in [-0.05, 0) is 37.8 Å². The highest BCUT2D eigenvalue weighted by molar-refractivity contribution is 6.34. The van der Waals surface area contributed by atoms with Gasteiger partial charge in [0.15, 0.2) is 0 Å². The summed E-state index contributed by atoms with van der Waals surface area (Å²) in [6.07, 6.45) is 9.29. The molecule has 2 aromatic heterocycles. The van der Waals surface area contributed by atoms with Crippen LogP contribution in [0.25, 0.3) is 10.9 Å². The molecule has 7 nitrogen and oxygen atoms in total. The Morgan fingerprint density at radius 1 is 1.11 bits per heavy atom. The van der Waals surface area contributed by atoms with E-state index in [1.54, 1.807) is 12.4 Å². The van der Waals surface area contributed by atoms with Crippen molar-refractivity contribution in [1.82, 2.24) is 19.7 Å². The number of piperidine rings is 1.